The summed E-state index contributed by atoms with van der Waals surface area (Å²) in [5.74, 6) is -0.204. The molecule has 0 saturated heterocycles. The van der Waals surface area contributed by atoms with Gasteiger partial charge in [0.05, 0.1) is 10.6 Å². The lowest BCUT2D eigenvalue weighted by Crippen LogP contribution is -2.13. The Labute approximate surface area is 138 Å². The summed E-state index contributed by atoms with van der Waals surface area (Å²) < 4.78 is 0. The molecule has 0 aliphatic carbocycles. The summed E-state index contributed by atoms with van der Waals surface area (Å²) >= 11 is 1.58. The van der Waals surface area contributed by atoms with Crippen LogP contribution in [0.4, 0.5) is 11.4 Å². The van der Waals surface area contributed by atoms with Crippen molar-refractivity contribution >= 4 is 28.6 Å². The maximum atomic E-state index is 12.4. The van der Waals surface area contributed by atoms with Gasteiger partial charge in [-0.05, 0) is 41.3 Å². The maximum Gasteiger partial charge on any atom is 0.255 e. The third kappa shape index (κ3) is 3.39. The number of hydrogen-bond donors (Lipinski definition) is 3. The van der Waals surface area contributed by atoms with E-state index in [0.717, 1.165) is 16.1 Å². The number of aromatic nitrogens is 1. The third-order valence-corrected chi connectivity index (χ3v) is 4.31. The lowest BCUT2D eigenvalue weighted by Gasteiger charge is -2.09. The van der Waals surface area contributed by atoms with E-state index in [4.69, 9.17) is 11.5 Å². The van der Waals surface area contributed by atoms with Gasteiger partial charge in [0.2, 0.25) is 0 Å². The van der Waals surface area contributed by atoms with Crippen LogP contribution >= 0.6 is 11.3 Å². The van der Waals surface area contributed by atoms with Crippen LogP contribution in [0.5, 0.6) is 0 Å². The second-order valence-corrected chi connectivity index (χ2v) is 5.93. The molecular formula is C17H16N4OS. The number of anilines is 2. The van der Waals surface area contributed by atoms with E-state index >= 15 is 0 Å². The molecule has 1 aromatic carbocycles. The molecule has 0 atom stereocenters. The SMILES string of the molecule is NCc1ccc(NC(=O)c2ccnc(-c3cccs3)c2)cc1N. The monoisotopic (exact) mass is 324 g/mol. The minimum atomic E-state index is -0.204. The smallest absolute Gasteiger partial charge is 0.255 e. The lowest BCUT2D eigenvalue weighted by atomic mass is 10.1. The molecule has 0 bridgehead atoms. The molecule has 3 aromatic rings. The van der Waals surface area contributed by atoms with Crippen molar-refractivity contribution in [1.82, 2.24) is 4.98 Å². The normalized spacial score (nSPS) is 10.5. The second-order valence-electron chi connectivity index (χ2n) is 4.98. The zero-order valence-corrected chi connectivity index (χ0v) is 13.1. The molecule has 5 nitrogen and oxygen atoms in total. The zero-order valence-electron chi connectivity index (χ0n) is 12.3. The predicted molar refractivity (Wildman–Crippen MR) is 94.2 cm³/mol. The van der Waals surface area contributed by atoms with E-state index in [0.29, 0.717) is 23.5 Å². The number of amides is 1. The zero-order chi connectivity index (χ0) is 16.2. The summed E-state index contributed by atoms with van der Waals surface area (Å²) in [6, 6.07) is 12.7. The predicted octanol–water partition coefficient (Wildman–Crippen LogP) is 3.10. The van der Waals surface area contributed by atoms with Crippen LogP contribution in [0.25, 0.3) is 10.6 Å². The Balaban J connectivity index is 1.81. The Bertz CT molecular complexity index is 830. The Morgan fingerprint density at radius 2 is 2.09 bits per heavy atom. The molecule has 6 heteroatoms. The summed E-state index contributed by atoms with van der Waals surface area (Å²) in [6.45, 7) is 0.370. The number of nitrogens with two attached hydrogens (primary N) is 2. The minimum absolute atomic E-state index is 0.204. The molecule has 2 heterocycles. The van der Waals surface area contributed by atoms with Crippen LogP contribution in [0, 0.1) is 0 Å². The first-order chi connectivity index (χ1) is 11.2. The average Bonchev–Trinajstić information content (AvgIpc) is 3.10. The van der Waals surface area contributed by atoms with Crippen molar-refractivity contribution in [2.45, 2.75) is 6.54 Å². The molecular weight excluding hydrogens is 308 g/mol. The van der Waals surface area contributed by atoms with Crippen molar-refractivity contribution in [2.75, 3.05) is 11.1 Å². The first kappa shape index (κ1) is 15.2. The molecule has 3 rings (SSSR count). The third-order valence-electron chi connectivity index (χ3n) is 3.42. The topological polar surface area (TPSA) is 94.0 Å². The Hall–Kier alpha value is -2.70. The van der Waals surface area contributed by atoms with Crippen LogP contribution in [0.15, 0.2) is 54.0 Å². The van der Waals surface area contributed by atoms with Crippen molar-refractivity contribution in [1.29, 1.82) is 0 Å². The van der Waals surface area contributed by atoms with E-state index in [2.05, 4.69) is 10.3 Å². The highest BCUT2D eigenvalue weighted by Crippen LogP contribution is 2.24. The van der Waals surface area contributed by atoms with Crippen molar-refractivity contribution in [3.05, 3.63) is 65.2 Å². The number of carbonyl (C=O) groups is 1. The van der Waals surface area contributed by atoms with E-state index in [1.165, 1.54) is 0 Å². The van der Waals surface area contributed by atoms with Crippen LogP contribution < -0.4 is 16.8 Å². The van der Waals surface area contributed by atoms with E-state index in [9.17, 15) is 4.79 Å². The van der Waals surface area contributed by atoms with Gasteiger partial charge < -0.3 is 16.8 Å². The highest BCUT2D eigenvalue weighted by molar-refractivity contribution is 7.13. The maximum absolute atomic E-state index is 12.4. The Morgan fingerprint density at radius 3 is 2.78 bits per heavy atom. The standard InChI is InChI=1S/C17H16N4OS/c18-10-12-3-4-13(9-14(12)19)21-17(22)11-5-6-20-15(8-11)16-2-1-7-23-16/h1-9H,10,18-19H2,(H,21,22). The second kappa shape index (κ2) is 6.60. The molecule has 0 aliphatic heterocycles. The fourth-order valence-corrected chi connectivity index (χ4v) is 2.89. The number of thiophene rings is 1. The van der Waals surface area contributed by atoms with Crippen molar-refractivity contribution < 1.29 is 4.79 Å². The molecule has 5 N–H and O–H groups in total. The first-order valence-corrected chi connectivity index (χ1v) is 7.95. The molecule has 1 amide bonds. The van der Waals surface area contributed by atoms with Gasteiger partial charge in [0.15, 0.2) is 0 Å². The number of nitrogens with zero attached hydrogens (tertiary/aromatic N) is 1. The average molecular weight is 324 g/mol. The fraction of sp³-hybridized carbons (Fsp3) is 0.0588. The Morgan fingerprint density at radius 1 is 1.22 bits per heavy atom. The Kier molecular flexibility index (Phi) is 4.36. The van der Waals surface area contributed by atoms with Gasteiger partial charge in [0.25, 0.3) is 5.91 Å². The summed E-state index contributed by atoms with van der Waals surface area (Å²) in [5.41, 5.74) is 14.9. The van der Waals surface area contributed by atoms with Crippen LogP contribution in [0.3, 0.4) is 0 Å². The number of nitrogens with one attached hydrogen (secondary N) is 1. The summed E-state index contributed by atoms with van der Waals surface area (Å²) in [5, 5.41) is 4.82. The van der Waals surface area contributed by atoms with E-state index in [1.807, 2.05) is 23.6 Å². The molecule has 0 radical (unpaired) electrons. The fourth-order valence-electron chi connectivity index (χ4n) is 2.19. The molecule has 2 aromatic heterocycles. The summed E-state index contributed by atoms with van der Waals surface area (Å²) in [4.78, 5) is 17.7. The van der Waals surface area contributed by atoms with Crippen LogP contribution in [-0.2, 0) is 6.54 Å². The van der Waals surface area contributed by atoms with E-state index in [-0.39, 0.29) is 5.91 Å². The molecule has 23 heavy (non-hydrogen) atoms. The van der Waals surface area contributed by atoms with Crippen LogP contribution in [0.2, 0.25) is 0 Å². The lowest BCUT2D eigenvalue weighted by molar-refractivity contribution is 0.102. The number of carbonyl (C=O) groups excluding carboxylic acids is 1. The van der Waals surface area contributed by atoms with Gasteiger partial charge in [-0.25, -0.2) is 0 Å². The largest absolute Gasteiger partial charge is 0.398 e. The van der Waals surface area contributed by atoms with Gasteiger partial charge in [0, 0.05) is 29.7 Å². The van der Waals surface area contributed by atoms with Gasteiger partial charge in [-0.2, -0.15) is 0 Å². The van der Waals surface area contributed by atoms with Gasteiger partial charge in [-0.1, -0.05) is 12.1 Å². The molecule has 0 fully saturated rings. The van der Waals surface area contributed by atoms with Gasteiger partial charge in [-0.15, -0.1) is 11.3 Å². The molecule has 0 aliphatic rings. The van der Waals surface area contributed by atoms with Crippen molar-refractivity contribution in [3.8, 4) is 10.6 Å². The molecule has 116 valence electrons. The quantitative estimate of drug-likeness (QED) is 0.643. The molecule has 0 spiro atoms. The minimum Gasteiger partial charge on any atom is -0.398 e. The van der Waals surface area contributed by atoms with Crippen LogP contribution in [0.1, 0.15) is 15.9 Å². The number of benzene rings is 1. The van der Waals surface area contributed by atoms with E-state index in [1.54, 1.807) is 41.8 Å². The van der Waals surface area contributed by atoms with E-state index < -0.39 is 0 Å². The number of hydrogen-bond acceptors (Lipinski definition) is 5. The number of rotatable bonds is 4. The highest BCUT2D eigenvalue weighted by atomic mass is 32.1. The molecule has 0 saturated carbocycles. The molecule has 0 unspecified atom stereocenters. The van der Waals surface area contributed by atoms with Gasteiger partial charge in [-0.3, -0.25) is 9.78 Å². The summed E-state index contributed by atoms with van der Waals surface area (Å²) in [7, 11) is 0. The number of pyridine rings is 1. The highest BCUT2D eigenvalue weighted by Gasteiger charge is 2.10. The first-order valence-electron chi connectivity index (χ1n) is 7.07. The van der Waals surface area contributed by atoms with Crippen molar-refractivity contribution in [2.24, 2.45) is 5.73 Å². The van der Waals surface area contributed by atoms with Gasteiger partial charge in [0.1, 0.15) is 0 Å². The van der Waals surface area contributed by atoms with Crippen LogP contribution in [-0.4, -0.2) is 10.9 Å². The summed E-state index contributed by atoms with van der Waals surface area (Å²) in [6.07, 6.45) is 1.63. The van der Waals surface area contributed by atoms with Gasteiger partial charge >= 0.3 is 0 Å². The number of nitrogen functional groups attached to an aromatic ring is 1. The van der Waals surface area contributed by atoms with Crippen molar-refractivity contribution in [3.63, 3.8) is 0 Å².